The highest BCUT2D eigenvalue weighted by Crippen LogP contribution is 2.29. The quantitative estimate of drug-likeness (QED) is 0.751. The van der Waals surface area contributed by atoms with Crippen molar-refractivity contribution in [2.75, 3.05) is 5.32 Å². The number of benzene rings is 3. The number of hydrogen-bond acceptors (Lipinski definition) is 3. The molecule has 1 atom stereocenters. The minimum Gasteiger partial charge on any atom is -0.480 e. The van der Waals surface area contributed by atoms with Crippen molar-refractivity contribution in [3.8, 4) is 17.2 Å². The van der Waals surface area contributed by atoms with Crippen LogP contribution in [0.2, 0.25) is 0 Å². The van der Waals surface area contributed by atoms with Gasteiger partial charge in [-0.1, -0.05) is 24.3 Å². The molecule has 3 aromatic rings. The summed E-state index contributed by atoms with van der Waals surface area (Å²) < 4.78 is 24.5. The zero-order valence-corrected chi connectivity index (χ0v) is 13.8. The van der Waals surface area contributed by atoms with Gasteiger partial charge in [0.25, 0.3) is 5.91 Å². The molecular weight excluding hydrogens is 333 g/mol. The molecule has 1 unspecified atom stereocenters. The molecule has 130 valence electrons. The molecule has 1 heterocycles. The molecule has 0 saturated carbocycles. The largest absolute Gasteiger partial charge is 0.480 e. The van der Waals surface area contributed by atoms with E-state index in [2.05, 4.69) is 5.32 Å². The summed E-state index contributed by atoms with van der Waals surface area (Å²) in [6.45, 7) is 0. The number of para-hydroxylation sites is 1. The molecule has 4 nitrogen and oxygen atoms in total. The average molecular weight is 349 g/mol. The number of anilines is 1. The smallest absolute Gasteiger partial charge is 0.265 e. The first-order valence-electron chi connectivity index (χ1n) is 8.26. The Balaban J connectivity index is 1.38. The summed E-state index contributed by atoms with van der Waals surface area (Å²) in [5.41, 5.74) is 1.67. The van der Waals surface area contributed by atoms with Gasteiger partial charge in [0.05, 0.1) is 0 Å². The maximum absolute atomic E-state index is 13.2. The summed E-state index contributed by atoms with van der Waals surface area (Å²) in [5.74, 6) is 1.17. The normalized spacial score (nSPS) is 15.0. The first kappa shape index (κ1) is 16.1. The maximum atomic E-state index is 13.2. The maximum Gasteiger partial charge on any atom is 0.265 e. The summed E-state index contributed by atoms with van der Waals surface area (Å²) in [6, 6.07) is 20.4. The third-order valence-electron chi connectivity index (χ3n) is 4.09. The van der Waals surface area contributed by atoms with E-state index in [1.807, 2.05) is 24.3 Å². The standard InChI is InChI=1S/C21H16FNO3/c22-15-5-3-6-18(13-15)25-17-10-8-16(9-11-17)23-21(24)20-12-14-4-1-2-7-19(14)26-20/h1-11,13,20H,12H2,(H,23,24). The molecule has 1 amide bonds. The molecule has 26 heavy (non-hydrogen) atoms. The van der Waals surface area contributed by atoms with Crippen molar-refractivity contribution in [3.05, 3.63) is 84.2 Å². The van der Waals surface area contributed by atoms with Crippen LogP contribution >= 0.6 is 0 Å². The number of ether oxygens (including phenoxy) is 2. The Kier molecular flexibility index (Phi) is 4.27. The van der Waals surface area contributed by atoms with Gasteiger partial charge in [-0.25, -0.2) is 4.39 Å². The van der Waals surface area contributed by atoms with Gasteiger partial charge < -0.3 is 14.8 Å². The number of amides is 1. The molecule has 1 aliphatic rings. The van der Waals surface area contributed by atoms with Gasteiger partial charge in [-0.15, -0.1) is 0 Å². The van der Waals surface area contributed by atoms with E-state index in [9.17, 15) is 9.18 Å². The molecule has 0 saturated heterocycles. The summed E-state index contributed by atoms with van der Waals surface area (Å²) in [4.78, 5) is 12.4. The highest BCUT2D eigenvalue weighted by Gasteiger charge is 2.28. The van der Waals surface area contributed by atoms with Gasteiger partial charge in [-0.2, -0.15) is 0 Å². The van der Waals surface area contributed by atoms with Crippen LogP contribution in [0.3, 0.4) is 0 Å². The SMILES string of the molecule is O=C(Nc1ccc(Oc2cccc(F)c2)cc1)C1Cc2ccccc2O1. The number of fused-ring (bicyclic) bond motifs is 1. The minimum absolute atomic E-state index is 0.194. The van der Waals surface area contributed by atoms with Crippen molar-refractivity contribution in [1.82, 2.24) is 0 Å². The van der Waals surface area contributed by atoms with Crippen LogP contribution in [0.1, 0.15) is 5.56 Å². The number of rotatable bonds is 4. The van der Waals surface area contributed by atoms with E-state index >= 15 is 0 Å². The summed E-state index contributed by atoms with van der Waals surface area (Å²) >= 11 is 0. The van der Waals surface area contributed by atoms with Gasteiger partial charge in [-0.05, 0) is 48.0 Å². The molecular formula is C21H16FNO3. The van der Waals surface area contributed by atoms with Crippen molar-refractivity contribution in [2.24, 2.45) is 0 Å². The molecule has 1 N–H and O–H groups in total. The van der Waals surface area contributed by atoms with Crippen LogP contribution in [0.15, 0.2) is 72.8 Å². The lowest BCUT2D eigenvalue weighted by atomic mass is 10.1. The number of nitrogens with one attached hydrogen (secondary N) is 1. The highest BCUT2D eigenvalue weighted by molar-refractivity contribution is 5.95. The Hall–Kier alpha value is -3.34. The van der Waals surface area contributed by atoms with Crippen LogP contribution in [0.4, 0.5) is 10.1 Å². The predicted octanol–water partition coefficient (Wildman–Crippen LogP) is 4.56. The zero-order chi connectivity index (χ0) is 17.9. The van der Waals surface area contributed by atoms with Crippen molar-refractivity contribution >= 4 is 11.6 Å². The first-order valence-corrected chi connectivity index (χ1v) is 8.26. The van der Waals surface area contributed by atoms with E-state index < -0.39 is 6.10 Å². The van der Waals surface area contributed by atoms with E-state index in [1.165, 1.54) is 12.1 Å². The molecule has 4 rings (SSSR count). The van der Waals surface area contributed by atoms with Gasteiger partial charge in [0.15, 0.2) is 6.10 Å². The molecule has 0 aliphatic carbocycles. The lowest BCUT2D eigenvalue weighted by Crippen LogP contribution is -2.31. The topological polar surface area (TPSA) is 47.6 Å². The molecule has 0 bridgehead atoms. The van der Waals surface area contributed by atoms with Crippen molar-refractivity contribution < 1.29 is 18.7 Å². The monoisotopic (exact) mass is 349 g/mol. The summed E-state index contributed by atoms with van der Waals surface area (Å²) in [6.07, 6.45) is 0.0265. The number of hydrogen-bond donors (Lipinski definition) is 1. The van der Waals surface area contributed by atoms with E-state index in [1.54, 1.807) is 36.4 Å². The Morgan fingerprint density at radius 3 is 2.58 bits per heavy atom. The van der Waals surface area contributed by atoms with E-state index in [4.69, 9.17) is 9.47 Å². The van der Waals surface area contributed by atoms with E-state index in [-0.39, 0.29) is 11.7 Å². The van der Waals surface area contributed by atoms with Crippen LogP contribution in [0, 0.1) is 5.82 Å². The van der Waals surface area contributed by atoms with Crippen LogP contribution in [0.5, 0.6) is 17.2 Å². The fourth-order valence-electron chi connectivity index (χ4n) is 2.82. The first-order chi connectivity index (χ1) is 12.7. The van der Waals surface area contributed by atoms with Crippen LogP contribution < -0.4 is 14.8 Å². The van der Waals surface area contributed by atoms with E-state index in [0.29, 0.717) is 23.6 Å². The van der Waals surface area contributed by atoms with Crippen LogP contribution in [-0.4, -0.2) is 12.0 Å². The van der Waals surface area contributed by atoms with Gasteiger partial charge in [0.1, 0.15) is 23.1 Å². The lowest BCUT2D eigenvalue weighted by Gasteiger charge is -2.12. The molecule has 3 aromatic carbocycles. The van der Waals surface area contributed by atoms with E-state index in [0.717, 1.165) is 11.3 Å². The fraction of sp³-hybridized carbons (Fsp3) is 0.0952. The summed E-state index contributed by atoms with van der Waals surface area (Å²) in [5, 5.41) is 2.84. The van der Waals surface area contributed by atoms with Gasteiger partial charge in [-0.3, -0.25) is 4.79 Å². The third-order valence-corrected chi connectivity index (χ3v) is 4.09. The Labute approximate surface area is 150 Å². The third kappa shape index (κ3) is 3.52. The molecule has 1 aliphatic heterocycles. The fourth-order valence-corrected chi connectivity index (χ4v) is 2.82. The second kappa shape index (κ2) is 6.88. The Bertz CT molecular complexity index is 915. The minimum atomic E-state index is -0.532. The predicted molar refractivity (Wildman–Crippen MR) is 96.1 cm³/mol. The van der Waals surface area contributed by atoms with Crippen LogP contribution in [-0.2, 0) is 11.2 Å². The van der Waals surface area contributed by atoms with Gasteiger partial charge in [0, 0.05) is 18.2 Å². The van der Waals surface area contributed by atoms with Crippen molar-refractivity contribution in [2.45, 2.75) is 12.5 Å². The van der Waals surface area contributed by atoms with Crippen molar-refractivity contribution in [3.63, 3.8) is 0 Å². The molecule has 0 radical (unpaired) electrons. The molecule has 0 fully saturated rings. The number of carbonyl (C=O) groups excluding carboxylic acids is 1. The molecule has 5 heteroatoms. The average Bonchev–Trinajstić information content (AvgIpc) is 3.08. The summed E-state index contributed by atoms with van der Waals surface area (Å²) in [7, 11) is 0. The Morgan fingerprint density at radius 2 is 1.81 bits per heavy atom. The molecule has 0 spiro atoms. The number of carbonyl (C=O) groups is 1. The van der Waals surface area contributed by atoms with Crippen molar-refractivity contribution in [1.29, 1.82) is 0 Å². The second-order valence-electron chi connectivity index (χ2n) is 5.99. The second-order valence-corrected chi connectivity index (χ2v) is 5.99. The number of halogens is 1. The Morgan fingerprint density at radius 1 is 1.00 bits per heavy atom. The van der Waals surface area contributed by atoms with Gasteiger partial charge >= 0.3 is 0 Å². The van der Waals surface area contributed by atoms with Crippen LogP contribution in [0.25, 0.3) is 0 Å². The lowest BCUT2D eigenvalue weighted by molar-refractivity contribution is -0.122. The molecule has 0 aromatic heterocycles. The highest BCUT2D eigenvalue weighted by atomic mass is 19.1. The van der Waals surface area contributed by atoms with Gasteiger partial charge in [0.2, 0.25) is 0 Å². The zero-order valence-electron chi connectivity index (χ0n) is 13.8.